The van der Waals surface area contributed by atoms with Crippen LogP contribution in [0, 0.1) is 5.92 Å². The van der Waals surface area contributed by atoms with E-state index in [0.717, 1.165) is 11.4 Å². The van der Waals surface area contributed by atoms with Crippen molar-refractivity contribution in [2.24, 2.45) is 5.92 Å². The molecule has 0 amide bonds. The number of rotatable bonds is 4. The molecule has 0 aliphatic heterocycles. The van der Waals surface area contributed by atoms with Gasteiger partial charge in [-0.1, -0.05) is 62.8 Å². The van der Waals surface area contributed by atoms with E-state index in [9.17, 15) is 0 Å². The van der Waals surface area contributed by atoms with Crippen LogP contribution in [0.5, 0.6) is 0 Å². The van der Waals surface area contributed by atoms with Crippen LogP contribution in [0.4, 0.5) is 0 Å². The number of fused-ring (bicyclic) bond motifs is 1. The van der Waals surface area contributed by atoms with E-state index in [1.807, 2.05) is 12.3 Å². The molecule has 0 saturated heterocycles. The van der Waals surface area contributed by atoms with Gasteiger partial charge in [0.15, 0.2) is 0 Å². The van der Waals surface area contributed by atoms with Crippen LogP contribution < -0.4 is 5.32 Å². The van der Waals surface area contributed by atoms with Crippen molar-refractivity contribution < 1.29 is 0 Å². The van der Waals surface area contributed by atoms with Crippen molar-refractivity contribution in [1.82, 2.24) is 10.3 Å². The zero-order chi connectivity index (χ0) is 14.5. The fourth-order valence-electron chi connectivity index (χ4n) is 3.74. The Kier molecular flexibility index (Phi) is 4.87. The van der Waals surface area contributed by atoms with E-state index in [0.29, 0.717) is 6.04 Å². The number of nitrogens with one attached hydrogen (secondary N) is 1. The van der Waals surface area contributed by atoms with Gasteiger partial charge in [-0.25, -0.2) is 0 Å². The number of hydrogen-bond acceptors (Lipinski definition) is 2. The van der Waals surface area contributed by atoms with Gasteiger partial charge in [0.25, 0.3) is 0 Å². The zero-order valence-corrected chi connectivity index (χ0v) is 13.0. The molecule has 1 heterocycles. The third-order valence-corrected chi connectivity index (χ3v) is 4.93. The average molecular weight is 282 g/mol. The van der Waals surface area contributed by atoms with E-state index in [1.165, 1.54) is 55.9 Å². The lowest BCUT2D eigenvalue weighted by Crippen LogP contribution is -2.20. The number of benzene rings is 1. The van der Waals surface area contributed by atoms with Crippen molar-refractivity contribution in [2.45, 2.75) is 51.0 Å². The van der Waals surface area contributed by atoms with Gasteiger partial charge in [0.1, 0.15) is 0 Å². The largest absolute Gasteiger partial charge is 0.313 e. The molecule has 1 fully saturated rings. The lowest BCUT2D eigenvalue weighted by Gasteiger charge is -2.23. The molecule has 0 bridgehead atoms. The lowest BCUT2D eigenvalue weighted by molar-refractivity contribution is 0.369. The van der Waals surface area contributed by atoms with Crippen molar-refractivity contribution in [3.63, 3.8) is 0 Å². The highest BCUT2D eigenvalue weighted by Crippen LogP contribution is 2.33. The Labute approximate surface area is 128 Å². The molecule has 1 N–H and O–H groups in total. The number of nitrogens with zero attached hydrogens (tertiary/aromatic N) is 1. The van der Waals surface area contributed by atoms with Crippen LogP contribution in [-0.4, -0.2) is 12.0 Å². The molecule has 2 heteroatoms. The average Bonchev–Trinajstić information content (AvgIpc) is 2.81. The molecule has 21 heavy (non-hydrogen) atoms. The molecule has 1 aliphatic rings. The van der Waals surface area contributed by atoms with Gasteiger partial charge in [-0.05, 0) is 31.0 Å². The van der Waals surface area contributed by atoms with Crippen molar-refractivity contribution in [1.29, 1.82) is 0 Å². The molecule has 112 valence electrons. The standard InChI is InChI=1S/C19H26N2/c1-20-18(14-15-8-4-2-3-5-9-15)17-12-6-10-16-11-7-13-21-19(16)17/h6-7,10-13,15,18,20H,2-5,8-9,14H2,1H3. The molecule has 0 spiro atoms. The van der Waals surface area contributed by atoms with E-state index >= 15 is 0 Å². The summed E-state index contributed by atoms with van der Waals surface area (Å²) >= 11 is 0. The Hall–Kier alpha value is -1.41. The van der Waals surface area contributed by atoms with Crippen molar-refractivity contribution in [2.75, 3.05) is 7.05 Å². The maximum absolute atomic E-state index is 4.62. The molecule has 2 aromatic rings. The van der Waals surface area contributed by atoms with Gasteiger partial charge in [0.2, 0.25) is 0 Å². The molecule has 1 aromatic carbocycles. The van der Waals surface area contributed by atoms with Crippen LogP contribution in [0.15, 0.2) is 36.5 Å². The van der Waals surface area contributed by atoms with Crippen LogP contribution >= 0.6 is 0 Å². The molecule has 1 aliphatic carbocycles. The number of pyridine rings is 1. The molecule has 2 nitrogen and oxygen atoms in total. The van der Waals surface area contributed by atoms with Crippen LogP contribution in [-0.2, 0) is 0 Å². The molecule has 3 rings (SSSR count). The van der Waals surface area contributed by atoms with Gasteiger partial charge >= 0.3 is 0 Å². The van der Waals surface area contributed by atoms with Gasteiger partial charge in [0, 0.05) is 17.6 Å². The van der Waals surface area contributed by atoms with Crippen LogP contribution in [0.3, 0.4) is 0 Å². The Morgan fingerprint density at radius 2 is 1.86 bits per heavy atom. The van der Waals surface area contributed by atoms with E-state index < -0.39 is 0 Å². The summed E-state index contributed by atoms with van der Waals surface area (Å²) in [5.74, 6) is 0.865. The van der Waals surface area contributed by atoms with Gasteiger partial charge < -0.3 is 5.32 Å². The maximum Gasteiger partial charge on any atom is 0.0749 e. The van der Waals surface area contributed by atoms with Gasteiger partial charge in [-0.15, -0.1) is 0 Å². The fraction of sp³-hybridized carbons (Fsp3) is 0.526. The number of para-hydroxylation sites is 1. The van der Waals surface area contributed by atoms with Crippen molar-refractivity contribution in [3.8, 4) is 0 Å². The molecule has 1 atom stereocenters. The first-order valence-corrected chi connectivity index (χ1v) is 8.39. The van der Waals surface area contributed by atoms with Gasteiger partial charge in [0.05, 0.1) is 5.52 Å². The summed E-state index contributed by atoms with van der Waals surface area (Å²) in [5, 5.41) is 4.78. The van der Waals surface area contributed by atoms with Gasteiger partial charge in [-0.3, -0.25) is 4.98 Å². The van der Waals surface area contributed by atoms with Gasteiger partial charge in [-0.2, -0.15) is 0 Å². The van der Waals surface area contributed by atoms with Crippen LogP contribution in [0.25, 0.3) is 10.9 Å². The van der Waals surface area contributed by atoms with Crippen LogP contribution in [0.1, 0.15) is 56.6 Å². The minimum Gasteiger partial charge on any atom is -0.313 e. The number of hydrogen-bond donors (Lipinski definition) is 1. The third kappa shape index (κ3) is 3.44. The summed E-state index contributed by atoms with van der Waals surface area (Å²) in [6.07, 6.45) is 11.6. The summed E-state index contributed by atoms with van der Waals surface area (Å²) in [4.78, 5) is 4.62. The third-order valence-electron chi connectivity index (χ3n) is 4.93. The topological polar surface area (TPSA) is 24.9 Å². The second-order valence-electron chi connectivity index (χ2n) is 6.36. The summed E-state index contributed by atoms with van der Waals surface area (Å²) < 4.78 is 0. The summed E-state index contributed by atoms with van der Waals surface area (Å²) in [6, 6.07) is 11.2. The molecule has 0 radical (unpaired) electrons. The highest BCUT2D eigenvalue weighted by Gasteiger charge is 2.20. The highest BCUT2D eigenvalue weighted by atomic mass is 14.9. The van der Waals surface area contributed by atoms with E-state index in [2.05, 4.69) is 41.6 Å². The van der Waals surface area contributed by atoms with Crippen molar-refractivity contribution in [3.05, 3.63) is 42.1 Å². The second kappa shape index (κ2) is 7.04. The second-order valence-corrected chi connectivity index (χ2v) is 6.36. The molecular formula is C19H26N2. The Morgan fingerprint density at radius 1 is 1.10 bits per heavy atom. The molecular weight excluding hydrogens is 256 g/mol. The molecule has 1 unspecified atom stereocenters. The minimum absolute atomic E-state index is 0.423. The first-order valence-electron chi connectivity index (χ1n) is 8.39. The zero-order valence-electron chi connectivity index (χ0n) is 13.0. The van der Waals surface area contributed by atoms with Crippen LogP contribution in [0.2, 0.25) is 0 Å². The SMILES string of the molecule is CNC(CC1CCCCCC1)c1cccc2cccnc12. The molecule has 1 saturated carbocycles. The summed E-state index contributed by atoms with van der Waals surface area (Å²) in [6.45, 7) is 0. The first kappa shape index (κ1) is 14.5. The predicted molar refractivity (Wildman–Crippen MR) is 89.4 cm³/mol. The first-order chi connectivity index (χ1) is 10.4. The Bertz CT molecular complexity index is 565. The maximum atomic E-state index is 4.62. The smallest absolute Gasteiger partial charge is 0.0749 e. The minimum atomic E-state index is 0.423. The lowest BCUT2D eigenvalue weighted by atomic mass is 9.89. The highest BCUT2D eigenvalue weighted by molar-refractivity contribution is 5.81. The number of aromatic nitrogens is 1. The Morgan fingerprint density at radius 3 is 2.62 bits per heavy atom. The van der Waals surface area contributed by atoms with E-state index in [-0.39, 0.29) is 0 Å². The van der Waals surface area contributed by atoms with E-state index in [4.69, 9.17) is 0 Å². The fourth-order valence-corrected chi connectivity index (χ4v) is 3.74. The van der Waals surface area contributed by atoms with E-state index in [1.54, 1.807) is 0 Å². The quantitative estimate of drug-likeness (QED) is 0.810. The normalized spacial score (nSPS) is 18.5. The Balaban J connectivity index is 1.84. The molecule has 1 aromatic heterocycles. The monoisotopic (exact) mass is 282 g/mol. The van der Waals surface area contributed by atoms with Crippen molar-refractivity contribution >= 4 is 10.9 Å². The summed E-state index contributed by atoms with van der Waals surface area (Å²) in [7, 11) is 2.09. The summed E-state index contributed by atoms with van der Waals surface area (Å²) in [5.41, 5.74) is 2.52. The predicted octanol–water partition coefficient (Wildman–Crippen LogP) is 4.86.